The third-order valence-corrected chi connectivity index (χ3v) is 2.09. The Labute approximate surface area is 66.7 Å². The standard InChI is InChI=1S/C10H11N/c1-11-10-6-8-4-2-3-5-9(8)7-10/h2-6,11H,7H2,1H3. The summed E-state index contributed by atoms with van der Waals surface area (Å²) in [5.74, 6) is 0. The van der Waals surface area contributed by atoms with E-state index < -0.39 is 0 Å². The van der Waals surface area contributed by atoms with Gasteiger partial charge in [0.2, 0.25) is 0 Å². The highest BCUT2D eigenvalue weighted by molar-refractivity contribution is 5.62. The molecule has 1 N–H and O–H groups in total. The molecule has 0 unspecified atom stereocenters. The molecule has 1 nitrogen and oxygen atoms in total. The third-order valence-electron chi connectivity index (χ3n) is 2.09. The van der Waals surface area contributed by atoms with Gasteiger partial charge in [-0.2, -0.15) is 0 Å². The van der Waals surface area contributed by atoms with Crippen molar-refractivity contribution in [3.05, 3.63) is 41.1 Å². The van der Waals surface area contributed by atoms with Gasteiger partial charge in [0.15, 0.2) is 0 Å². The predicted molar refractivity (Wildman–Crippen MR) is 47.2 cm³/mol. The molecule has 2 rings (SSSR count). The van der Waals surface area contributed by atoms with E-state index in [4.69, 9.17) is 0 Å². The van der Waals surface area contributed by atoms with E-state index >= 15 is 0 Å². The molecule has 1 aromatic rings. The second kappa shape index (κ2) is 2.42. The molecule has 0 aromatic heterocycles. The first kappa shape index (κ1) is 6.47. The molecule has 1 aromatic carbocycles. The van der Waals surface area contributed by atoms with Crippen molar-refractivity contribution in [2.75, 3.05) is 7.05 Å². The van der Waals surface area contributed by atoms with Crippen LogP contribution in [0.3, 0.4) is 0 Å². The predicted octanol–water partition coefficient (Wildman–Crippen LogP) is 1.80. The van der Waals surface area contributed by atoms with Crippen LogP contribution >= 0.6 is 0 Å². The van der Waals surface area contributed by atoms with Crippen LogP contribution in [0.1, 0.15) is 11.1 Å². The number of nitrogens with one attached hydrogen (secondary N) is 1. The average Bonchev–Trinajstić information content (AvgIpc) is 2.46. The van der Waals surface area contributed by atoms with Crippen molar-refractivity contribution in [2.24, 2.45) is 0 Å². The minimum atomic E-state index is 1.06. The van der Waals surface area contributed by atoms with E-state index in [0.29, 0.717) is 0 Å². The van der Waals surface area contributed by atoms with Gasteiger partial charge in [-0.05, 0) is 17.2 Å². The fourth-order valence-electron chi connectivity index (χ4n) is 1.44. The fourth-order valence-corrected chi connectivity index (χ4v) is 1.44. The zero-order valence-electron chi connectivity index (χ0n) is 6.59. The Morgan fingerprint density at radius 1 is 1.27 bits per heavy atom. The van der Waals surface area contributed by atoms with Crippen molar-refractivity contribution in [3.8, 4) is 0 Å². The molecule has 0 bridgehead atoms. The number of benzene rings is 1. The van der Waals surface area contributed by atoms with Crippen molar-refractivity contribution in [2.45, 2.75) is 6.42 Å². The second-order valence-electron chi connectivity index (χ2n) is 2.80. The molecular weight excluding hydrogens is 134 g/mol. The molecule has 56 valence electrons. The van der Waals surface area contributed by atoms with E-state index in [1.54, 1.807) is 0 Å². The molecule has 1 aliphatic rings. The van der Waals surface area contributed by atoms with Crippen LogP contribution in [0, 0.1) is 0 Å². The SMILES string of the molecule is CNC1=Cc2ccccc2C1. The van der Waals surface area contributed by atoms with Crippen molar-refractivity contribution in [1.29, 1.82) is 0 Å². The van der Waals surface area contributed by atoms with E-state index in [1.807, 2.05) is 7.05 Å². The van der Waals surface area contributed by atoms with Crippen LogP contribution in [0.25, 0.3) is 6.08 Å². The first-order valence-corrected chi connectivity index (χ1v) is 3.86. The molecule has 0 aliphatic heterocycles. The number of allylic oxidation sites excluding steroid dienone is 1. The Morgan fingerprint density at radius 2 is 2.09 bits per heavy atom. The van der Waals surface area contributed by atoms with Gasteiger partial charge >= 0.3 is 0 Å². The topological polar surface area (TPSA) is 12.0 Å². The van der Waals surface area contributed by atoms with Crippen LogP contribution in [-0.4, -0.2) is 7.05 Å². The van der Waals surface area contributed by atoms with Crippen LogP contribution in [0.2, 0.25) is 0 Å². The lowest BCUT2D eigenvalue weighted by molar-refractivity contribution is 0.949. The largest absolute Gasteiger partial charge is 0.391 e. The Bertz CT molecular complexity index is 299. The van der Waals surface area contributed by atoms with Crippen LogP contribution in [0.4, 0.5) is 0 Å². The smallest absolute Gasteiger partial charge is 0.0155 e. The number of hydrogen-bond donors (Lipinski definition) is 1. The summed E-state index contributed by atoms with van der Waals surface area (Å²) in [6.45, 7) is 0. The maximum Gasteiger partial charge on any atom is 0.0155 e. The Morgan fingerprint density at radius 3 is 2.82 bits per heavy atom. The number of rotatable bonds is 1. The molecule has 0 amide bonds. The lowest BCUT2D eigenvalue weighted by atomic mass is 10.1. The molecule has 0 heterocycles. The van der Waals surface area contributed by atoms with Gasteiger partial charge in [-0.3, -0.25) is 0 Å². The summed E-state index contributed by atoms with van der Waals surface area (Å²) in [5, 5.41) is 3.17. The molecule has 0 saturated heterocycles. The summed E-state index contributed by atoms with van der Waals surface area (Å²) in [6.07, 6.45) is 3.27. The highest BCUT2D eigenvalue weighted by Crippen LogP contribution is 2.22. The summed E-state index contributed by atoms with van der Waals surface area (Å²) in [5.41, 5.74) is 4.10. The highest BCUT2D eigenvalue weighted by Gasteiger charge is 2.08. The summed E-state index contributed by atoms with van der Waals surface area (Å²) in [7, 11) is 1.97. The summed E-state index contributed by atoms with van der Waals surface area (Å²) in [6, 6.07) is 8.50. The van der Waals surface area contributed by atoms with Gasteiger partial charge in [-0.15, -0.1) is 0 Å². The molecule has 11 heavy (non-hydrogen) atoms. The molecule has 0 radical (unpaired) electrons. The van der Waals surface area contributed by atoms with Gasteiger partial charge in [-0.25, -0.2) is 0 Å². The van der Waals surface area contributed by atoms with E-state index in [0.717, 1.165) is 6.42 Å². The first-order chi connectivity index (χ1) is 5.40. The van der Waals surface area contributed by atoms with Crippen molar-refractivity contribution in [3.63, 3.8) is 0 Å². The molecule has 1 heteroatoms. The van der Waals surface area contributed by atoms with E-state index in [2.05, 4.69) is 35.7 Å². The lowest BCUT2D eigenvalue weighted by Crippen LogP contribution is -2.04. The van der Waals surface area contributed by atoms with Crippen molar-refractivity contribution < 1.29 is 0 Å². The quantitative estimate of drug-likeness (QED) is 0.635. The molecule has 0 fully saturated rings. The van der Waals surface area contributed by atoms with Gasteiger partial charge in [0.1, 0.15) is 0 Å². The maximum atomic E-state index is 3.17. The Hall–Kier alpha value is -1.24. The first-order valence-electron chi connectivity index (χ1n) is 3.86. The lowest BCUT2D eigenvalue weighted by Gasteiger charge is -1.97. The molecular formula is C10H11N. The molecule has 1 aliphatic carbocycles. The molecule has 0 saturated carbocycles. The van der Waals surface area contributed by atoms with Crippen molar-refractivity contribution >= 4 is 6.08 Å². The third kappa shape index (κ3) is 1.03. The number of hydrogen-bond acceptors (Lipinski definition) is 1. The van der Waals surface area contributed by atoms with Crippen LogP contribution < -0.4 is 5.32 Å². The monoisotopic (exact) mass is 145 g/mol. The zero-order valence-corrected chi connectivity index (χ0v) is 6.59. The minimum absolute atomic E-state index is 1.06. The van der Waals surface area contributed by atoms with Gasteiger partial charge < -0.3 is 5.32 Å². The van der Waals surface area contributed by atoms with Crippen molar-refractivity contribution in [1.82, 2.24) is 5.32 Å². The molecule has 0 spiro atoms. The van der Waals surface area contributed by atoms with Gasteiger partial charge in [-0.1, -0.05) is 24.3 Å². The highest BCUT2D eigenvalue weighted by atomic mass is 14.8. The normalized spacial score (nSPS) is 14.1. The zero-order chi connectivity index (χ0) is 7.68. The van der Waals surface area contributed by atoms with E-state index in [9.17, 15) is 0 Å². The Balaban J connectivity index is 2.39. The second-order valence-corrected chi connectivity index (χ2v) is 2.80. The van der Waals surface area contributed by atoms with Gasteiger partial charge in [0.05, 0.1) is 0 Å². The number of likely N-dealkylation sites (N-methyl/N-ethyl adjacent to an activating group) is 1. The minimum Gasteiger partial charge on any atom is -0.391 e. The number of fused-ring (bicyclic) bond motifs is 1. The summed E-state index contributed by atoms with van der Waals surface area (Å²) >= 11 is 0. The van der Waals surface area contributed by atoms with Crippen LogP contribution in [-0.2, 0) is 6.42 Å². The van der Waals surface area contributed by atoms with E-state index in [1.165, 1.54) is 16.8 Å². The van der Waals surface area contributed by atoms with Crippen LogP contribution in [0.15, 0.2) is 30.0 Å². The summed E-state index contributed by atoms with van der Waals surface area (Å²) < 4.78 is 0. The average molecular weight is 145 g/mol. The van der Waals surface area contributed by atoms with Gasteiger partial charge in [0.25, 0.3) is 0 Å². The van der Waals surface area contributed by atoms with Crippen LogP contribution in [0.5, 0.6) is 0 Å². The maximum absolute atomic E-state index is 3.17. The summed E-state index contributed by atoms with van der Waals surface area (Å²) in [4.78, 5) is 0. The Kier molecular flexibility index (Phi) is 1.42. The van der Waals surface area contributed by atoms with Gasteiger partial charge in [0, 0.05) is 19.2 Å². The van der Waals surface area contributed by atoms with E-state index in [-0.39, 0.29) is 0 Å². The molecule has 0 atom stereocenters. The fraction of sp³-hybridized carbons (Fsp3) is 0.200.